The lowest BCUT2D eigenvalue weighted by Crippen LogP contribution is -2.29. The summed E-state index contributed by atoms with van der Waals surface area (Å²) in [7, 11) is 0. The molecule has 13 heavy (non-hydrogen) atoms. The van der Waals surface area contributed by atoms with Crippen molar-refractivity contribution in [2.75, 3.05) is 0 Å². The maximum Gasteiger partial charge on any atom is 0.405 e. The zero-order valence-electron chi connectivity index (χ0n) is 7.66. The Balaban J connectivity index is 2.45. The van der Waals surface area contributed by atoms with Gasteiger partial charge in [0.25, 0.3) is 0 Å². The van der Waals surface area contributed by atoms with Gasteiger partial charge in [-0.25, -0.2) is 4.79 Å². The van der Waals surface area contributed by atoms with Crippen LogP contribution in [0.15, 0.2) is 0 Å². The Morgan fingerprint density at radius 3 is 2.54 bits per heavy atom. The quantitative estimate of drug-likeness (QED) is 0.659. The molecular formula is C10H15NO2. The molecule has 1 aliphatic rings. The Hall–Kier alpha value is -1.17. The normalized spacial score (nSPS) is 20.2. The van der Waals surface area contributed by atoms with Gasteiger partial charge >= 0.3 is 6.09 Å². The van der Waals surface area contributed by atoms with Crippen LogP contribution in [-0.2, 0) is 4.74 Å². The highest BCUT2D eigenvalue weighted by Crippen LogP contribution is 2.27. The Labute approximate surface area is 78.6 Å². The largest absolute Gasteiger partial charge is 0.433 e. The third kappa shape index (κ3) is 2.98. The molecule has 0 aliphatic heterocycles. The first-order valence-corrected chi connectivity index (χ1v) is 4.66. The van der Waals surface area contributed by atoms with E-state index < -0.39 is 12.2 Å². The minimum absolute atomic E-state index is 0.311. The fourth-order valence-electron chi connectivity index (χ4n) is 1.83. The van der Waals surface area contributed by atoms with Crippen LogP contribution in [0.2, 0.25) is 0 Å². The van der Waals surface area contributed by atoms with E-state index in [1.54, 1.807) is 0 Å². The van der Waals surface area contributed by atoms with Crippen LogP contribution in [0.5, 0.6) is 0 Å². The van der Waals surface area contributed by atoms with Crippen molar-refractivity contribution in [1.82, 2.24) is 0 Å². The Bertz CT molecular complexity index is 213. The smallest absolute Gasteiger partial charge is 0.405 e. The maximum absolute atomic E-state index is 10.5. The van der Waals surface area contributed by atoms with Gasteiger partial charge in [-0.3, -0.25) is 0 Å². The maximum atomic E-state index is 10.5. The Morgan fingerprint density at radius 2 is 2.08 bits per heavy atom. The summed E-state index contributed by atoms with van der Waals surface area (Å²) in [5, 5.41) is 0. The number of terminal acetylenes is 1. The van der Waals surface area contributed by atoms with Gasteiger partial charge in [-0.1, -0.05) is 25.2 Å². The van der Waals surface area contributed by atoms with Gasteiger partial charge in [0.15, 0.2) is 6.10 Å². The predicted molar refractivity (Wildman–Crippen MR) is 49.9 cm³/mol. The summed E-state index contributed by atoms with van der Waals surface area (Å²) in [6.45, 7) is 0. The van der Waals surface area contributed by atoms with Crippen molar-refractivity contribution in [2.24, 2.45) is 11.7 Å². The molecule has 1 rings (SSSR count). The van der Waals surface area contributed by atoms with Crippen LogP contribution in [0.4, 0.5) is 4.79 Å². The zero-order chi connectivity index (χ0) is 9.68. The van der Waals surface area contributed by atoms with Crippen LogP contribution in [0.25, 0.3) is 0 Å². The van der Waals surface area contributed by atoms with E-state index in [0.717, 1.165) is 12.8 Å². The minimum Gasteiger partial charge on any atom is -0.433 e. The molecule has 72 valence electrons. The fraction of sp³-hybridized carbons (Fsp3) is 0.700. The molecule has 0 aromatic rings. The molecule has 0 aromatic heterocycles. The molecule has 0 unspecified atom stereocenters. The first-order valence-electron chi connectivity index (χ1n) is 4.66. The molecule has 2 N–H and O–H groups in total. The lowest BCUT2D eigenvalue weighted by atomic mass is 9.85. The topological polar surface area (TPSA) is 52.3 Å². The number of primary amides is 1. The standard InChI is InChI=1S/C10H15NO2/c1-2-9(13-10(11)12)8-6-4-3-5-7-8/h1,8-9H,3-7H2,(H2,11,12)/t9-/m0/s1. The number of amides is 1. The fourth-order valence-corrected chi connectivity index (χ4v) is 1.83. The third-order valence-electron chi connectivity index (χ3n) is 2.49. The number of hydrogen-bond acceptors (Lipinski definition) is 2. The molecular weight excluding hydrogens is 166 g/mol. The van der Waals surface area contributed by atoms with Crippen molar-refractivity contribution in [2.45, 2.75) is 38.2 Å². The molecule has 0 heterocycles. The first kappa shape index (κ1) is 9.91. The van der Waals surface area contributed by atoms with Gasteiger partial charge in [0, 0.05) is 5.92 Å². The average molecular weight is 181 g/mol. The van der Waals surface area contributed by atoms with E-state index in [9.17, 15) is 4.79 Å². The number of carbonyl (C=O) groups excluding carboxylic acids is 1. The first-order chi connectivity index (χ1) is 6.24. The van der Waals surface area contributed by atoms with Gasteiger partial charge in [0.1, 0.15) is 0 Å². The highest BCUT2D eigenvalue weighted by molar-refractivity contribution is 5.65. The summed E-state index contributed by atoms with van der Waals surface area (Å²) in [5.74, 6) is 2.79. The van der Waals surface area contributed by atoms with E-state index >= 15 is 0 Å². The molecule has 1 amide bonds. The van der Waals surface area contributed by atoms with Crippen molar-refractivity contribution in [1.29, 1.82) is 0 Å². The molecule has 1 fully saturated rings. The summed E-state index contributed by atoms with van der Waals surface area (Å²) < 4.78 is 4.84. The van der Waals surface area contributed by atoms with Crippen molar-refractivity contribution in [3.05, 3.63) is 0 Å². The average Bonchev–Trinajstić information content (AvgIpc) is 2.15. The van der Waals surface area contributed by atoms with Gasteiger partial charge in [-0.15, -0.1) is 6.42 Å². The lowest BCUT2D eigenvalue weighted by Gasteiger charge is -2.25. The second-order valence-electron chi connectivity index (χ2n) is 3.42. The molecule has 0 radical (unpaired) electrons. The van der Waals surface area contributed by atoms with Crippen molar-refractivity contribution in [3.63, 3.8) is 0 Å². The minimum atomic E-state index is -0.770. The van der Waals surface area contributed by atoms with Crippen LogP contribution < -0.4 is 5.73 Å². The number of ether oxygens (including phenoxy) is 1. The van der Waals surface area contributed by atoms with Crippen molar-refractivity contribution >= 4 is 6.09 Å². The highest BCUT2D eigenvalue weighted by Gasteiger charge is 2.24. The molecule has 3 nitrogen and oxygen atoms in total. The summed E-state index contributed by atoms with van der Waals surface area (Å²) in [6.07, 6.45) is 9.77. The van der Waals surface area contributed by atoms with E-state index in [1.807, 2.05) is 0 Å². The van der Waals surface area contributed by atoms with E-state index in [1.165, 1.54) is 19.3 Å². The zero-order valence-corrected chi connectivity index (χ0v) is 7.66. The van der Waals surface area contributed by atoms with Crippen LogP contribution >= 0.6 is 0 Å². The van der Waals surface area contributed by atoms with Crippen LogP contribution in [0.3, 0.4) is 0 Å². The van der Waals surface area contributed by atoms with E-state index in [-0.39, 0.29) is 0 Å². The third-order valence-corrected chi connectivity index (χ3v) is 2.49. The van der Waals surface area contributed by atoms with Gasteiger partial charge < -0.3 is 10.5 Å². The molecule has 1 atom stereocenters. The second kappa shape index (κ2) is 4.76. The molecule has 0 aromatic carbocycles. The van der Waals surface area contributed by atoms with Crippen LogP contribution in [-0.4, -0.2) is 12.2 Å². The number of carbonyl (C=O) groups is 1. The monoisotopic (exact) mass is 181 g/mol. The van der Waals surface area contributed by atoms with Crippen molar-refractivity contribution < 1.29 is 9.53 Å². The van der Waals surface area contributed by atoms with Crippen LogP contribution in [0, 0.1) is 18.3 Å². The summed E-state index contributed by atoms with van der Waals surface area (Å²) in [4.78, 5) is 10.5. The molecule has 0 saturated heterocycles. The molecule has 0 bridgehead atoms. The molecule has 0 spiro atoms. The number of rotatable bonds is 2. The number of nitrogens with two attached hydrogens (primary N) is 1. The van der Waals surface area contributed by atoms with Crippen molar-refractivity contribution in [3.8, 4) is 12.3 Å². The molecule has 3 heteroatoms. The van der Waals surface area contributed by atoms with E-state index in [0.29, 0.717) is 5.92 Å². The summed E-state index contributed by atoms with van der Waals surface area (Å²) >= 11 is 0. The Kier molecular flexibility index (Phi) is 3.63. The Morgan fingerprint density at radius 1 is 1.46 bits per heavy atom. The summed E-state index contributed by atoms with van der Waals surface area (Å²) in [6, 6.07) is 0. The van der Waals surface area contributed by atoms with Gasteiger partial charge in [-0.2, -0.15) is 0 Å². The molecule has 1 saturated carbocycles. The van der Waals surface area contributed by atoms with Gasteiger partial charge in [0.2, 0.25) is 0 Å². The predicted octanol–water partition coefficient (Wildman–Crippen LogP) is 1.66. The second-order valence-corrected chi connectivity index (χ2v) is 3.42. The van der Waals surface area contributed by atoms with Gasteiger partial charge in [-0.05, 0) is 12.8 Å². The molecule has 1 aliphatic carbocycles. The van der Waals surface area contributed by atoms with E-state index in [4.69, 9.17) is 16.9 Å². The summed E-state index contributed by atoms with van der Waals surface area (Å²) in [5.41, 5.74) is 4.92. The van der Waals surface area contributed by atoms with Gasteiger partial charge in [0.05, 0.1) is 0 Å². The van der Waals surface area contributed by atoms with E-state index in [2.05, 4.69) is 5.92 Å². The number of hydrogen-bond donors (Lipinski definition) is 1. The lowest BCUT2D eigenvalue weighted by molar-refractivity contribution is 0.0883. The van der Waals surface area contributed by atoms with Crippen LogP contribution in [0.1, 0.15) is 32.1 Å². The SMILES string of the molecule is C#C[C@H](OC(N)=O)C1CCCCC1. The highest BCUT2D eigenvalue weighted by atomic mass is 16.6.